The highest BCUT2D eigenvalue weighted by atomic mass is 19.1. The van der Waals surface area contributed by atoms with Gasteiger partial charge in [0.15, 0.2) is 5.82 Å². The van der Waals surface area contributed by atoms with E-state index in [0.29, 0.717) is 30.3 Å². The first-order chi connectivity index (χ1) is 16.1. The Morgan fingerprint density at radius 1 is 1.30 bits per heavy atom. The van der Waals surface area contributed by atoms with Gasteiger partial charge in [0.05, 0.1) is 49.1 Å². The number of nitrogens with zero attached hydrogens (tertiary/aromatic N) is 7. The maximum absolute atomic E-state index is 14.7. The van der Waals surface area contributed by atoms with Crippen molar-refractivity contribution in [2.45, 2.75) is 38.5 Å². The summed E-state index contributed by atoms with van der Waals surface area (Å²) in [5, 5.41) is 22.2. The molecule has 3 aromatic heterocycles. The van der Waals surface area contributed by atoms with E-state index in [1.165, 1.54) is 27.7 Å². The summed E-state index contributed by atoms with van der Waals surface area (Å²) in [5.74, 6) is -0.413. The Bertz CT molecular complexity index is 1240. The lowest BCUT2D eigenvalue weighted by atomic mass is 9.99. The normalized spacial score (nSPS) is 23.4. The summed E-state index contributed by atoms with van der Waals surface area (Å²) in [7, 11) is 0. The summed E-state index contributed by atoms with van der Waals surface area (Å²) >= 11 is 0. The molecule has 0 radical (unpaired) electrons. The molecule has 2 atom stereocenters. The van der Waals surface area contributed by atoms with Crippen LogP contribution in [0.4, 0.5) is 10.1 Å². The monoisotopic (exact) mass is 450 g/mol. The lowest BCUT2D eigenvalue weighted by Crippen LogP contribution is -2.48. The average molecular weight is 451 g/mol. The number of rotatable bonds is 3. The molecule has 0 amide bonds. The van der Waals surface area contributed by atoms with Crippen molar-refractivity contribution in [2.24, 2.45) is 0 Å². The van der Waals surface area contributed by atoms with Crippen molar-refractivity contribution in [1.82, 2.24) is 29.6 Å². The van der Waals surface area contributed by atoms with Crippen LogP contribution in [0, 0.1) is 17.1 Å². The maximum Gasteiger partial charge on any atom is 0.171 e. The number of aromatic nitrogens is 4. The first-order valence-electron chi connectivity index (χ1n) is 11.6. The van der Waals surface area contributed by atoms with E-state index in [-0.39, 0.29) is 6.04 Å². The molecule has 1 fully saturated rings. The van der Waals surface area contributed by atoms with E-state index in [2.05, 4.69) is 37.9 Å². The van der Waals surface area contributed by atoms with Gasteiger partial charge in [-0.3, -0.25) is 9.58 Å². The topological polar surface area (TPSA) is 86.7 Å². The lowest BCUT2D eigenvalue weighted by Gasteiger charge is -2.35. The third-order valence-electron chi connectivity index (χ3n) is 7.08. The Hall–Kier alpha value is -3.00. The van der Waals surface area contributed by atoms with Crippen LogP contribution in [-0.2, 0) is 24.2 Å². The number of pyridine rings is 1. The molecule has 172 valence electrons. The molecule has 6 rings (SSSR count). The third kappa shape index (κ3) is 3.47. The van der Waals surface area contributed by atoms with Crippen molar-refractivity contribution in [3.8, 4) is 6.07 Å². The molecule has 3 aromatic rings. The Morgan fingerprint density at radius 2 is 2.15 bits per heavy atom. The van der Waals surface area contributed by atoms with Crippen molar-refractivity contribution in [1.29, 1.82) is 5.26 Å². The number of hydrogen-bond donors (Lipinski definition) is 1. The third-order valence-corrected chi connectivity index (χ3v) is 7.08. The molecule has 9 nitrogen and oxygen atoms in total. The fourth-order valence-corrected chi connectivity index (χ4v) is 5.45. The minimum absolute atomic E-state index is 0.152. The van der Waals surface area contributed by atoms with Gasteiger partial charge in [0.2, 0.25) is 0 Å². The molecule has 1 N–H and O–H groups in total. The van der Waals surface area contributed by atoms with Gasteiger partial charge in [0, 0.05) is 50.7 Å². The fourth-order valence-electron chi connectivity index (χ4n) is 5.45. The molecule has 0 spiro atoms. The van der Waals surface area contributed by atoms with Gasteiger partial charge in [-0.05, 0) is 19.1 Å². The summed E-state index contributed by atoms with van der Waals surface area (Å²) in [5.41, 5.74) is 5.06. The molecular formula is C23H27FN8O. The second-order valence-corrected chi connectivity index (χ2v) is 9.21. The first-order valence-corrected chi connectivity index (χ1v) is 11.6. The van der Waals surface area contributed by atoms with E-state index >= 15 is 0 Å². The van der Waals surface area contributed by atoms with Gasteiger partial charge in [-0.2, -0.15) is 15.5 Å². The van der Waals surface area contributed by atoms with Crippen LogP contribution < -0.4 is 10.2 Å². The number of nitrogens with one attached hydrogen (secondary N) is 1. The summed E-state index contributed by atoms with van der Waals surface area (Å²) < 4.78 is 23.7. The Balaban J connectivity index is 1.28. The lowest BCUT2D eigenvalue weighted by molar-refractivity contribution is 0.0330. The van der Waals surface area contributed by atoms with Crippen molar-refractivity contribution >= 4 is 11.2 Å². The van der Waals surface area contributed by atoms with E-state index in [4.69, 9.17) is 9.84 Å². The van der Waals surface area contributed by atoms with Gasteiger partial charge in [-0.15, -0.1) is 0 Å². The Kier molecular flexibility index (Phi) is 5.05. The zero-order chi connectivity index (χ0) is 22.5. The van der Waals surface area contributed by atoms with Crippen molar-refractivity contribution in [3.05, 3.63) is 46.8 Å². The smallest absolute Gasteiger partial charge is 0.171 e. The van der Waals surface area contributed by atoms with Crippen molar-refractivity contribution in [2.75, 3.05) is 44.3 Å². The number of hydrogen-bond acceptors (Lipinski definition) is 7. The first kappa shape index (κ1) is 20.6. The van der Waals surface area contributed by atoms with E-state index in [1.54, 1.807) is 6.07 Å². The molecule has 0 aliphatic carbocycles. The van der Waals surface area contributed by atoms with Gasteiger partial charge in [0.25, 0.3) is 0 Å². The van der Waals surface area contributed by atoms with Crippen LogP contribution in [0.5, 0.6) is 0 Å². The number of anilines is 1. The van der Waals surface area contributed by atoms with Crippen LogP contribution in [0.15, 0.2) is 18.3 Å². The molecule has 3 aliphatic rings. The van der Waals surface area contributed by atoms with Crippen LogP contribution in [0.2, 0.25) is 0 Å². The standard InChI is InChI=1S/C23H27FN8O/c1-15-12-30(21-3-2-17(9-25)32-23(21)19(24)11-27-32)14-22-18-10-26-16(8-20(18)28-31(15)22)13-29-4-6-33-7-5-29/h2-3,11,15-16,26H,4-8,10,12-14H2,1H3/t15-,16?/m1/s1. The molecule has 33 heavy (non-hydrogen) atoms. The number of ether oxygens (including phenoxy) is 1. The van der Waals surface area contributed by atoms with Crippen molar-refractivity contribution in [3.63, 3.8) is 0 Å². The molecular weight excluding hydrogens is 423 g/mol. The molecule has 1 unspecified atom stereocenters. The SMILES string of the molecule is C[C@@H]1CN(c2ccc(C#N)n3ncc(F)c23)Cc2c3c(nn21)CC(CN1CCOCC1)NC3. The largest absolute Gasteiger partial charge is 0.379 e. The molecule has 3 aliphatic heterocycles. The highest BCUT2D eigenvalue weighted by Gasteiger charge is 2.33. The molecule has 0 aromatic carbocycles. The zero-order valence-electron chi connectivity index (χ0n) is 18.7. The molecule has 0 bridgehead atoms. The maximum atomic E-state index is 14.7. The second kappa shape index (κ2) is 8.09. The minimum atomic E-state index is -0.413. The summed E-state index contributed by atoms with van der Waals surface area (Å²) in [4.78, 5) is 4.64. The molecule has 0 saturated carbocycles. The van der Waals surface area contributed by atoms with E-state index < -0.39 is 5.82 Å². The van der Waals surface area contributed by atoms with Gasteiger partial charge in [0.1, 0.15) is 17.3 Å². The van der Waals surface area contributed by atoms with Crippen molar-refractivity contribution < 1.29 is 9.13 Å². The van der Waals surface area contributed by atoms with Gasteiger partial charge >= 0.3 is 0 Å². The number of morpholine rings is 1. The van der Waals surface area contributed by atoms with Crippen LogP contribution in [0.3, 0.4) is 0 Å². The molecule has 6 heterocycles. The van der Waals surface area contributed by atoms with Gasteiger partial charge in [-0.1, -0.05) is 0 Å². The second-order valence-electron chi connectivity index (χ2n) is 9.21. The van der Waals surface area contributed by atoms with E-state index in [0.717, 1.165) is 51.5 Å². The highest BCUT2D eigenvalue weighted by Crippen LogP contribution is 2.34. The Morgan fingerprint density at radius 3 is 2.97 bits per heavy atom. The van der Waals surface area contributed by atoms with Gasteiger partial charge in [-0.25, -0.2) is 8.91 Å². The van der Waals surface area contributed by atoms with E-state index in [1.807, 2.05) is 6.07 Å². The Labute approximate surface area is 191 Å². The predicted molar refractivity (Wildman–Crippen MR) is 119 cm³/mol. The number of halogens is 1. The summed E-state index contributed by atoms with van der Waals surface area (Å²) in [6, 6.07) is 6.17. The van der Waals surface area contributed by atoms with Crippen LogP contribution in [0.25, 0.3) is 5.52 Å². The summed E-state index contributed by atoms with van der Waals surface area (Å²) in [6.45, 7) is 8.91. The van der Waals surface area contributed by atoms with Gasteiger partial charge < -0.3 is 15.0 Å². The van der Waals surface area contributed by atoms with E-state index in [9.17, 15) is 9.65 Å². The fraction of sp³-hybridized carbons (Fsp3) is 0.522. The van der Waals surface area contributed by atoms with Crippen LogP contribution in [-0.4, -0.2) is 69.7 Å². The number of fused-ring (bicyclic) bond motifs is 4. The predicted octanol–water partition coefficient (Wildman–Crippen LogP) is 1.47. The zero-order valence-corrected chi connectivity index (χ0v) is 18.7. The number of nitriles is 1. The average Bonchev–Trinajstić information content (AvgIpc) is 3.40. The molecule has 10 heteroatoms. The quantitative estimate of drug-likeness (QED) is 0.647. The van der Waals surface area contributed by atoms with Crippen LogP contribution >= 0.6 is 0 Å². The minimum Gasteiger partial charge on any atom is -0.379 e. The van der Waals surface area contributed by atoms with Crippen LogP contribution in [0.1, 0.15) is 35.6 Å². The summed E-state index contributed by atoms with van der Waals surface area (Å²) in [6.07, 6.45) is 2.09. The molecule has 1 saturated heterocycles. The highest BCUT2D eigenvalue weighted by molar-refractivity contribution is 5.75.